The van der Waals surface area contributed by atoms with E-state index in [0.29, 0.717) is 41.4 Å². The molecule has 3 saturated carbocycles. The fraction of sp³-hybridized carbons (Fsp3) is 0.870. The molecule has 2 unspecified atom stereocenters. The number of carboxylic acids is 1. The highest BCUT2D eigenvalue weighted by molar-refractivity contribution is 5.87. The highest BCUT2D eigenvalue weighted by atomic mass is 19.1. The van der Waals surface area contributed by atoms with E-state index >= 15 is 4.39 Å². The van der Waals surface area contributed by atoms with E-state index in [-0.39, 0.29) is 29.3 Å². The lowest BCUT2D eigenvalue weighted by atomic mass is 9.45. The number of aliphatic hydroxyl groups excluding tert-OH is 1. The van der Waals surface area contributed by atoms with Crippen LogP contribution in [0.2, 0.25) is 0 Å². The van der Waals surface area contributed by atoms with Crippen LogP contribution >= 0.6 is 0 Å². The summed E-state index contributed by atoms with van der Waals surface area (Å²) in [6.07, 6.45) is 7.79. The first kappa shape index (κ1) is 19.4. The molecule has 2 N–H and O–H groups in total. The monoisotopic (exact) mass is 378 g/mol. The Morgan fingerprint density at radius 3 is 2.48 bits per heavy atom. The minimum Gasteiger partial charge on any atom is -0.478 e. The van der Waals surface area contributed by atoms with Crippen LogP contribution in [0.15, 0.2) is 11.4 Å². The molecule has 8 atom stereocenters. The largest absolute Gasteiger partial charge is 0.478 e. The molecule has 0 aromatic heterocycles. The molecule has 0 aliphatic heterocycles. The van der Waals surface area contributed by atoms with Crippen LogP contribution in [0.25, 0.3) is 0 Å². The van der Waals surface area contributed by atoms with Crippen LogP contribution in [0, 0.1) is 46.3 Å². The molecule has 152 valence electrons. The standard InChI is InChI=1S/C23H35FO3/c1-13(12-25)16-6-7-17-14-4-5-19-20(24)15(21(26)27)8-10-23(19,3)18(14)9-11-22(16,17)2/h13-14,16-19,25H,4-12H2,1-3H3,(H,26,27)/t13?,14-,16+,17-,18-,19?,22+,23+/m0/s1. The van der Waals surface area contributed by atoms with Crippen molar-refractivity contribution in [3.63, 3.8) is 0 Å². The van der Waals surface area contributed by atoms with Crippen molar-refractivity contribution >= 4 is 5.97 Å². The maximum atomic E-state index is 15.1. The summed E-state index contributed by atoms with van der Waals surface area (Å²) < 4.78 is 15.1. The molecule has 4 heteroatoms. The minimum absolute atomic E-state index is 0.0364. The Hall–Kier alpha value is -0.900. The van der Waals surface area contributed by atoms with Crippen molar-refractivity contribution in [3.8, 4) is 0 Å². The van der Waals surface area contributed by atoms with E-state index in [1.165, 1.54) is 19.3 Å². The fourth-order valence-corrected chi connectivity index (χ4v) is 8.27. The van der Waals surface area contributed by atoms with Gasteiger partial charge in [-0.05, 0) is 91.8 Å². The SMILES string of the molecule is CC(CO)[C@H]1CC[C@H]2[C@@H]3CCC4C(F)=C(C(=O)O)CC[C@]4(C)[C@H]3CC[C@]12C. The third-order valence-corrected chi connectivity index (χ3v) is 9.68. The van der Waals surface area contributed by atoms with Gasteiger partial charge < -0.3 is 10.2 Å². The van der Waals surface area contributed by atoms with Gasteiger partial charge >= 0.3 is 5.97 Å². The van der Waals surface area contributed by atoms with Gasteiger partial charge in [-0.3, -0.25) is 0 Å². The van der Waals surface area contributed by atoms with E-state index in [1.807, 2.05) is 0 Å². The lowest BCUT2D eigenvalue weighted by Gasteiger charge is -2.60. The summed E-state index contributed by atoms with van der Waals surface area (Å²) >= 11 is 0. The van der Waals surface area contributed by atoms with Gasteiger partial charge in [0.1, 0.15) is 5.83 Å². The van der Waals surface area contributed by atoms with Crippen LogP contribution in [-0.4, -0.2) is 22.8 Å². The highest BCUT2D eigenvalue weighted by Gasteiger charge is 2.61. The summed E-state index contributed by atoms with van der Waals surface area (Å²) in [5, 5.41) is 19.1. The molecule has 4 rings (SSSR count). The lowest BCUT2D eigenvalue weighted by Crippen LogP contribution is -2.53. The first-order valence-corrected chi connectivity index (χ1v) is 11.0. The molecule has 0 saturated heterocycles. The van der Waals surface area contributed by atoms with Gasteiger partial charge in [0.25, 0.3) is 0 Å². The third kappa shape index (κ3) is 2.65. The van der Waals surface area contributed by atoms with Crippen molar-refractivity contribution in [2.75, 3.05) is 6.61 Å². The van der Waals surface area contributed by atoms with Gasteiger partial charge in [0.15, 0.2) is 0 Å². The van der Waals surface area contributed by atoms with Gasteiger partial charge in [0.2, 0.25) is 0 Å². The zero-order chi connectivity index (χ0) is 19.6. The second-order valence-corrected chi connectivity index (χ2v) is 10.5. The van der Waals surface area contributed by atoms with E-state index in [9.17, 15) is 15.0 Å². The van der Waals surface area contributed by atoms with E-state index in [4.69, 9.17) is 0 Å². The number of aliphatic hydroxyl groups is 1. The molecule has 0 radical (unpaired) electrons. The van der Waals surface area contributed by atoms with E-state index < -0.39 is 5.97 Å². The summed E-state index contributed by atoms with van der Waals surface area (Å²) in [5.74, 6) is 1.21. The molecule has 27 heavy (non-hydrogen) atoms. The fourth-order valence-electron chi connectivity index (χ4n) is 8.27. The Kier molecular flexibility index (Phi) is 4.73. The first-order valence-electron chi connectivity index (χ1n) is 11.0. The number of allylic oxidation sites excluding steroid dienone is 1. The van der Waals surface area contributed by atoms with Gasteiger partial charge in [-0.1, -0.05) is 20.8 Å². The number of fused-ring (bicyclic) bond motifs is 5. The van der Waals surface area contributed by atoms with Crippen LogP contribution in [0.3, 0.4) is 0 Å². The minimum atomic E-state index is -1.07. The zero-order valence-corrected chi connectivity index (χ0v) is 17.0. The number of carboxylic acid groups (broad SMARTS) is 1. The van der Waals surface area contributed by atoms with Crippen molar-refractivity contribution in [2.45, 2.75) is 72.1 Å². The Bertz CT molecular complexity index is 658. The molecule has 0 aromatic carbocycles. The smallest absolute Gasteiger partial charge is 0.334 e. The number of halogens is 1. The number of hydrogen-bond acceptors (Lipinski definition) is 2. The summed E-state index contributed by atoms with van der Waals surface area (Å²) in [6, 6.07) is 0. The summed E-state index contributed by atoms with van der Waals surface area (Å²) in [4.78, 5) is 11.4. The topological polar surface area (TPSA) is 57.5 Å². The molecule has 0 amide bonds. The quantitative estimate of drug-likeness (QED) is 0.710. The van der Waals surface area contributed by atoms with Gasteiger partial charge in [-0.25, -0.2) is 9.18 Å². The van der Waals surface area contributed by atoms with Crippen LogP contribution in [0.1, 0.15) is 72.1 Å². The Labute approximate surface area is 162 Å². The maximum Gasteiger partial charge on any atom is 0.334 e. The van der Waals surface area contributed by atoms with Crippen molar-refractivity contribution in [3.05, 3.63) is 11.4 Å². The molecular formula is C23H35FO3. The first-order chi connectivity index (χ1) is 12.7. The van der Waals surface area contributed by atoms with Gasteiger partial charge in [0.05, 0.1) is 5.57 Å². The molecule has 0 spiro atoms. The average molecular weight is 379 g/mol. The third-order valence-electron chi connectivity index (χ3n) is 9.68. The number of hydrogen-bond donors (Lipinski definition) is 2. The number of rotatable bonds is 3. The van der Waals surface area contributed by atoms with Gasteiger partial charge in [0, 0.05) is 12.5 Å². The predicted octanol–water partition coefficient (Wildman–Crippen LogP) is 5.19. The highest BCUT2D eigenvalue weighted by Crippen LogP contribution is 2.68. The van der Waals surface area contributed by atoms with Gasteiger partial charge in [-0.2, -0.15) is 0 Å². The van der Waals surface area contributed by atoms with Crippen LogP contribution in [0.5, 0.6) is 0 Å². The summed E-state index contributed by atoms with van der Waals surface area (Å²) in [6.45, 7) is 7.17. The molecule has 4 aliphatic carbocycles. The maximum absolute atomic E-state index is 15.1. The van der Waals surface area contributed by atoms with E-state index in [2.05, 4.69) is 20.8 Å². The van der Waals surface area contributed by atoms with Gasteiger partial charge in [-0.15, -0.1) is 0 Å². The second-order valence-electron chi connectivity index (χ2n) is 10.5. The predicted molar refractivity (Wildman–Crippen MR) is 103 cm³/mol. The van der Waals surface area contributed by atoms with Crippen molar-refractivity contribution < 1.29 is 19.4 Å². The Balaban J connectivity index is 1.63. The van der Waals surface area contributed by atoms with Crippen molar-refractivity contribution in [2.24, 2.45) is 46.3 Å². The molecule has 3 fully saturated rings. The lowest BCUT2D eigenvalue weighted by molar-refractivity contribution is -0.134. The van der Waals surface area contributed by atoms with E-state index in [1.54, 1.807) is 0 Å². The molecule has 3 nitrogen and oxygen atoms in total. The molecule has 0 aromatic rings. The van der Waals surface area contributed by atoms with Crippen molar-refractivity contribution in [1.29, 1.82) is 0 Å². The second kappa shape index (κ2) is 6.57. The van der Waals surface area contributed by atoms with Crippen LogP contribution < -0.4 is 0 Å². The number of aliphatic carboxylic acids is 1. The van der Waals surface area contributed by atoms with Crippen LogP contribution in [0.4, 0.5) is 4.39 Å². The molecule has 0 heterocycles. The summed E-state index contributed by atoms with van der Waals surface area (Å²) in [5.41, 5.74) is 0.254. The van der Waals surface area contributed by atoms with E-state index in [0.717, 1.165) is 25.7 Å². The average Bonchev–Trinajstić information content (AvgIpc) is 2.98. The Morgan fingerprint density at radius 1 is 1.11 bits per heavy atom. The molecular weight excluding hydrogens is 343 g/mol. The number of carbonyl (C=O) groups is 1. The molecule has 0 bridgehead atoms. The summed E-state index contributed by atoms with van der Waals surface area (Å²) in [7, 11) is 0. The molecule has 4 aliphatic rings. The normalized spacial score (nSPS) is 47.8. The Morgan fingerprint density at radius 2 is 1.81 bits per heavy atom. The van der Waals surface area contributed by atoms with Crippen molar-refractivity contribution in [1.82, 2.24) is 0 Å². The zero-order valence-electron chi connectivity index (χ0n) is 17.0. The van der Waals surface area contributed by atoms with Crippen LogP contribution in [-0.2, 0) is 4.79 Å².